The minimum Gasteiger partial charge on any atom is -0.356 e. The molecule has 8 heteroatoms. The van der Waals surface area contributed by atoms with Gasteiger partial charge in [-0.05, 0) is 25.8 Å². The third-order valence-electron chi connectivity index (χ3n) is 4.19. The van der Waals surface area contributed by atoms with E-state index in [0.29, 0.717) is 30.2 Å². The highest BCUT2D eigenvalue weighted by atomic mass is 16.2. The maximum Gasteiger partial charge on any atom is 0.330 e. The Balaban J connectivity index is 2.02. The molecular weight excluding hydrogens is 284 g/mol. The number of aromatic nitrogens is 4. The molecule has 2 aromatic heterocycles. The number of anilines is 1. The zero-order valence-corrected chi connectivity index (χ0v) is 12.5. The molecule has 1 saturated carbocycles. The van der Waals surface area contributed by atoms with Gasteiger partial charge in [0.15, 0.2) is 11.2 Å². The van der Waals surface area contributed by atoms with Crippen molar-refractivity contribution in [2.24, 2.45) is 5.73 Å². The molecule has 2 aromatic rings. The number of nitrogens with zero attached hydrogens (tertiary/aromatic N) is 2. The van der Waals surface area contributed by atoms with E-state index in [-0.39, 0.29) is 11.7 Å². The third kappa shape index (κ3) is 2.78. The Hall–Kier alpha value is -2.09. The van der Waals surface area contributed by atoms with Crippen LogP contribution in [0.5, 0.6) is 0 Å². The molecule has 8 nitrogen and oxygen atoms in total. The summed E-state index contributed by atoms with van der Waals surface area (Å²) >= 11 is 0. The first-order valence-electron chi connectivity index (χ1n) is 7.89. The molecule has 1 aliphatic rings. The average molecular weight is 306 g/mol. The molecule has 0 unspecified atom stereocenters. The molecule has 5 N–H and O–H groups in total. The highest BCUT2D eigenvalue weighted by Crippen LogP contribution is 2.28. The van der Waals surface area contributed by atoms with Crippen LogP contribution in [0.1, 0.15) is 44.6 Å². The number of fused-ring (bicyclic) bond motifs is 1. The van der Waals surface area contributed by atoms with Crippen molar-refractivity contribution < 1.29 is 0 Å². The van der Waals surface area contributed by atoms with E-state index in [9.17, 15) is 9.59 Å². The minimum absolute atomic E-state index is 0.112. The lowest BCUT2D eigenvalue weighted by Crippen LogP contribution is -2.33. The fraction of sp³-hybridized carbons (Fsp3) is 0.643. The van der Waals surface area contributed by atoms with Gasteiger partial charge in [-0.15, -0.1) is 0 Å². The average Bonchev–Trinajstić information content (AvgIpc) is 2.93. The first-order chi connectivity index (χ1) is 10.7. The van der Waals surface area contributed by atoms with Crippen molar-refractivity contribution in [2.45, 2.75) is 44.6 Å². The first-order valence-corrected chi connectivity index (χ1v) is 7.89. The molecule has 0 radical (unpaired) electrons. The van der Waals surface area contributed by atoms with Gasteiger partial charge in [0.05, 0.1) is 0 Å². The summed E-state index contributed by atoms with van der Waals surface area (Å²) in [7, 11) is 0. The van der Waals surface area contributed by atoms with E-state index < -0.39 is 5.56 Å². The van der Waals surface area contributed by atoms with Crippen LogP contribution >= 0.6 is 0 Å². The third-order valence-corrected chi connectivity index (χ3v) is 4.19. The van der Waals surface area contributed by atoms with Crippen LogP contribution in [-0.4, -0.2) is 32.6 Å². The fourth-order valence-electron chi connectivity index (χ4n) is 3.08. The Bertz CT molecular complexity index is 753. The summed E-state index contributed by atoms with van der Waals surface area (Å²) in [6, 6.07) is 0.112. The fourth-order valence-corrected chi connectivity index (χ4v) is 3.08. The standard InChI is InChI=1S/C14H22N6O2/c15-7-4-8-16-13-17-10-11(18-13)20(14(22)19-12(10)21)9-5-2-1-3-6-9/h9H,1-8,15H2,(H2,16,17,18)(H,19,21,22). The lowest BCUT2D eigenvalue weighted by molar-refractivity contribution is 0.349. The largest absolute Gasteiger partial charge is 0.356 e. The van der Waals surface area contributed by atoms with Crippen molar-refractivity contribution in [2.75, 3.05) is 18.4 Å². The Morgan fingerprint density at radius 1 is 1.23 bits per heavy atom. The van der Waals surface area contributed by atoms with Gasteiger partial charge in [0.2, 0.25) is 5.95 Å². The van der Waals surface area contributed by atoms with E-state index in [2.05, 4.69) is 20.3 Å². The maximum absolute atomic E-state index is 12.2. The van der Waals surface area contributed by atoms with Gasteiger partial charge in [0, 0.05) is 12.6 Å². The van der Waals surface area contributed by atoms with Gasteiger partial charge in [0.25, 0.3) is 5.56 Å². The molecule has 0 saturated heterocycles. The van der Waals surface area contributed by atoms with Gasteiger partial charge in [-0.3, -0.25) is 14.3 Å². The van der Waals surface area contributed by atoms with Crippen molar-refractivity contribution in [3.8, 4) is 0 Å². The number of aromatic amines is 2. The summed E-state index contributed by atoms with van der Waals surface area (Å²) in [5, 5.41) is 3.10. The van der Waals surface area contributed by atoms with Crippen LogP contribution in [0.15, 0.2) is 9.59 Å². The van der Waals surface area contributed by atoms with Crippen molar-refractivity contribution in [3.05, 3.63) is 20.8 Å². The molecule has 22 heavy (non-hydrogen) atoms. The van der Waals surface area contributed by atoms with Crippen LogP contribution in [0, 0.1) is 0 Å². The second-order valence-corrected chi connectivity index (χ2v) is 5.77. The van der Waals surface area contributed by atoms with Gasteiger partial charge in [-0.25, -0.2) is 4.79 Å². The predicted octanol–water partition coefficient (Wildman–Crippen LogP) is 0.679. The number of nitrogens with two attached hydrogens (primary N) is 1. The van der Waals surface area contributed by atoms with Crippen molar-refractivity contribution in [1.82, 2.24) is 19.5 Å². The smallest absolute Gasteiger partial charge is 0.330 e. The van der Waals surface area contributed by atoms with E-state index in [1.165, 1.54) is 6.42 Å². The number of nitrogens with one attached hydrogen (secondary N) is 3. The van der Waals surface area contributed by atoms with Crippen LogP contribution in [0.2, 0.25) is 0 Å². The molecule has 0 aromatic carbocycles. The molecule has 3 rings (SSSR count). The summed E-state index contributed by atoms with van der Waals surface area (Å²) in [5.41, 5.74) is 5.46. The lowest BCUT2D eigenvalue weighted by Gasteiger charge is -2.23. The summed E-state index contributed by atoms with van der Waals surface area (Å²) in [6.07, 6.45) is 6.11. The van der Waals surface area contributed by atoms with Gasteiger partial charge in [0.1, 0.15) is 0 Å². The van der Waals surface area contributed by atoms with Crippen LogP contribution < -0.4 is 22.3 Å². The van der Waals surface area contributed by atoms with Gasteiger partial charge in [-0.2, -0.15) is 4.98 Å². The van der Waals surface area contributed by atoms with Crippen molar-refractivity contribution in [3.63, 3.8) is 0 Å². The summed E-state index contributed by atoms with van der Waals surface area (Å²) < 4.78 is 1.64. The summed E-state index contributed by atoms with van der Waals surface area (Å²) in [5.74, 6) is 0.504. The Labute approximate surface area is 127 Å². The first kappa shape index (κ1) is 14.8. The topological polar surface area (TPSA) is 122 Å². The van der Waals surface area contributed by atoms with Crippen molar-refractivity contribution >= 4 is 17.1 Å². The second-order valence-electron chi connectivity index (χ2n) is 5.77. The zero-order valence-electron chi connectivity index (χ0n) is 12.5. The highest BCUT2D eigenvalue weighted by Gasteiger charge is 2.21. The molecule has 1 fully saturated rings. The number of H-pyrrole nitrogens is 2. The molecule has 0 amide bonds. The van der Waals surface area contributed by atoms with E-state index in [4.69, 9.17) is 5.73 Å². The van der Waals surface area contributed by atoms with E-state index in [1.807, 2.05) is 0 Å². The van der Waals surface area contributed by atoms with E-state index in [1.54, 1.807) is 4.57 Å². The van der Waals surface area contributed by atoms with Crippen LogP contribution in [-0.2, 0) is 0 Å². The lowest BCUT2D eigenvalue weighted by atomic mass is 9.95. The van der Waals surface area contributed by atoms with Crippen LogP contribution in [0.4, 0.5) is 5.95 Å². The number of rotatable bonds is 5. The monoisotopic (exact) mass is 306 g/mol. The predicted molar refractivity (Wildman–Crippen MR) is 85.3 cm³/mol. The maximum atomic E-state index is 12.2. The number of hydrogen-bond donors (Lipinski definition) is 4. The minimum atomic E-state index is -0.425. The highest BCUT2D eigenvalue weighted by molar-refractivity contribution is 5.72. The Kier molecular flexibility index (Phi) is 4.28. The molecule has 1 aliphatic carbocycles. The molecule has 120 valence electrons. The molecule has 0 bridgehead atoms. The Morgan fingerprint density at radius 2 is 2.00 bits per heavy atom. The molecule has 0 aliphatic heterocycles. The summed E-state index contributed by atoms with van der Waals surface area (Å²) in [4.78, 5) is 34.0. The van der Waals surface area contributed by atoms with Gasteiger partial charge >= 0.3 is 5.69 Å². The number of imidazole rings is 1. The quantitative estimate of drug-likeness (QED) is 0.605. The normalized spacial score (nSPS) is 16.2. The zero-order chi connectivity index (χ0) is 15.5. The Morgan fingerprint density at radius 3 is 2.73 bits per heavy atom. The van der Waals surface area contributed by atoms with Crippen LogP contribution in [0.25, 0.3) is 11.2 Å². The van der Waals surface area contributed by atoms with Gasteiger partial charge < -0.3 is 16.0 Å². The SMILES string of the molecule is NCCCNc1nc2c([nH]1)c(=O)[nH]c(=O)n2C1CCCCC1. The van der Waals surface area contributed by atoms with Crippen molar-refractivity contribution in [1.29, 1.82) is 0 Å². The van der Waals surface area contributed by atoms with Gasteiger partial charge in [-0.1, -0.05) is 19.3 Å². The molecule has 0 atom stereocenters. The van der Waals surface area contributed by atoms with Crippen LogP contribution in [0.3, 0.4) is 0 Å². The molecule has 2 heterocycles. The van der Waals surface area contributed by atoms with E-state index in [0.717, 1.165) is 32.1 Å². The number of hydrogen-bond acceptors (Lipinski definition) is 5. The molecule has 0 spiro atoms. The van der Waals surface area contributed by atoms with E-state index >= 15 is 0 Å². The second kappa shape index (κ2) is 6.35. The summed E-state index contributed by atoms with van der Waals surface area (Å²) in [6.45, 7) is 1.25. The molecular formula is C14H22N6O2.